The highest BCUT2D eigenvalue weighted by atomic mass is 16.3. The van der Waals surface area contributed by atoms with Gasteiger partial charge in [-0.3, -0.25) is 4.79 Å². The van der Waals surface area contributed by atoms with E-state index < -0.39 is 0 Å². The number of ketones is 1. The van der Waals surface area contributed by atoms with Crippen molar-refractivity contribution in [3.8, 4) is 16.9 Å². The van der Waals surface area contributed by atoms with Gasteiger partial charge in [0.1, 0.15) is 5.75 Å². The standard InChI is InChI=1S/C17H19NO2/c1-3-16(20)17-14(11(2)18)5-4-6-15(17)12-7-9-13(19)10-8-12/h4-11,19H,3,18H2,1-2H3. The van der Waals surface area contributed by atoms with E-state index in [9.17, 15) is 9.90 Å². The predicted octanol–water partition coefficient (Wildman–Crippen LogP) is 3.67. The summed E-state index contributed by atoms with van der Waals surface area (Å²) >= 11 is 0. The highest BCUT2D eigenvalue weighted by Gasteiger charge is 2.17. The number of phenolic OH excluding ortho intramolecular Hbond substituents is 1. The lowest BCUT2D eigenvalue weighted by atomic mass is 9.89. The van der Waals surface area contributed by atoms with Gasteiger partial charge in [0.2, 0.25) is 0 Å². The first kappa shape index (κ1) is 14.3. The van der Waals surface area contributed by atoms with Gasteiger partial charge in [0, 0.05) is 18.0 Å². The van der Waals surface area contributed by atoms with Gasteiger partial charge < -0.3 is 10.8 Å². The second-order valence-corrected chi connectivity index (χ2v) is 4.88. The zero-order valence-corrected chi connectivity index (χ0v) is 11.8. The number of hydrogen-bond donors (Lipinski definition) is 2. The molecule has 0 amide bonds. The highest BCUT2D eigenvalue weighted by molar-refractivity contribution is 6.03. The first-order chi connectivity index (χ1) is 9.54. The minimum absolute atomic E-state index is 0.0842. The molecular weight excluding hydrogens is 250 g/mol. The molecule has 3 heteroatoms. The third-order valence-electron chi connectivity index (χ3n) is 3.37. The minimum Gasteiger partial charge on any atom is -0.508 e. The summed E-state index contributed by atoms with van der Waals surface area (Å²) in [5, 5.41) is 9.38. The number of nitrogens with two attached hydrogens (primary N) is 1. The maximum atomic E-state index is 12.3. The van der Waals surface area contributed by atoms with Crippen LogP contribution in [0.4, 0.5) is 0 Å². The molecule has 0 fully saturated rings. The topological polar surface area (TPSA) is 63.3 Å². The molecule has 20 heavy (non-hydrogen) atoms. The van der Waals surface area contributed by atoms with Crippen LogP contribution in [0.2, 0.25) is 0 Å². The molecule has 0 aromatic heterocycles. The summed E-state index contributed by atoms with van der Waals surface area (Å²) in [6, 6.07) is 12.4. The van der Waals surface area contributed by atoms with Crippen molar-refractivity contribution in [1.82, 2.24) is 0 Å². The van der Waals surface area contributed by atoms with Crippen LogP contribution in [-0.4, -0.2) is 10.9 Å². The van der Waals surface area contributed by atoms with Crippen LogP contribution in [0.1, 0.15) is 42.2 Å². The Balaban J connectivity index is 2.66. The van der Waals surface area contributed by atoms with Crippen LogP contribution in [0.15, 0.2) is 42.5 Å². The molecule has 3 N–H and O–H groups in total. The van der Waals surface area contributed by atoms with Crippen molar-refractivity contribution in [3.63, 3.8) is 0 Å². The fourth-order valence-corrected chi connectivity index (χ4v) is 2.32. The van der Waals surface area contributed by atoms with Crippen LogP contribution in [-0.2, 0) is 0 Å². The summed E-state index contributed by atoms with van der Waals surface area (Å²) < 4.78 is 0. The zero-order valence-electron chi connectivity index (χ0n) is 11.8. The molecule has 0 spiro atoms. The van der Waals surface area contributed by atoms with Gasteiger partial charge in [-0.15, -0.1) is 0 Å². The van der Waals surface area contributed by atoms with Gasteiger partial charge in [-0.25, -0.2) is 0 Å². The van der Waals surface area contributed by atoms with Gasteiger partial charge in [0.05, 0.1) is 0 Å². The van der Waals surface area contributed by atoms with Crippen molar-refractivity contribution >= 4 is 5.78 Å². The molecule has 1 atom stereocenters. The average Bonchev–Trinajstić information content (AvgIpc) is 2.46. The molecule has 2 aromatic rings. The maximum Gasteiger partial charge on any atom is 0.163 e. The van der Waals surface area contributed by atoms with Gasteiger partial charge in [0.15, 0.2) is 5.78 Å². The third kappa shape index (κ3) is 2.73. The molecule has 1 unspecified atom stereocenters. The lowest BCUT2D eigenvalue weighted by molar-refractivity contribution is 0.0987. The number of Topliss-reactive ketones (excluding diaryl/α,β-unsaturated/α-hetero) is 1. The molecule has 0 saturated carbocycles. The molecular formula is C17H19NO2. The Bertz CT molecular complexity index is 615. The van der Waals surface area contributed by atoms with E-state index in [-0.39, 0.29) is 17.6 Å². The van der Waals surface area contributed by atoms with Gasteiger partial charge in [-0.05, 0) is 35.7 Å². The molecule has 0 aliphatic heterocycles. The Labute approximate surface area is 119 Å². The van der Waals surface area contributed by atoms with E-state index in [2.05, 4.69) is 0 Å². The number of phenols is 1. The average molecular weight is 269 g/mol. The molecule has 0 aliphatic carbocycles. The first-order valence-electron chi connectivity index (χ1n) is 6.75. The van der Waals surface area contributed by atoms with Gasteiger partial charge in [0.25, 0.3) is 0 Å². The summed E-state index contributed by atoms with van der Waals surface area (Å²) in [6.07, 6.45) is 0.439. The number of carbonyl (C=O) groups is 1. The van der Waals surface area contributed by atoms with Crippen LogP contribution < -0.4 is 5.73 Å². The summed E-state index contributed by atoms with van der Waals surface area (Å²) in [4.78, 5) is 12.3. The van der Waals surface area contributed by atoms with Crippen molar-refractivity contribution in [2.75, 3.05) is 0 Å². The smallest absolute Gasteiger partial charge is 0.163 e. The number of carbonyl (C=O) groups excluding carboxylic acids is 1. The normalized spacial score (nSPS) is 12.2. The lowest BCUT2D eigenvalue weighted by Gasteiger charge is -2.16. The van der Waals surface area contributed by atoms with Crippen LogP contribution in [0, 0.1) is 0 Å². The second-order valence-electron chi connectivity index (χ2n) is 4.88. The molecule has 0 saturated heterocycles. The van der Waals surface area contributed by atoms with Gasteiger partial charge in [-0.1, -0.05) is 37.3 Å². The van der Waals surface area contributed by atoms with Crippen molar-refractivity contribution in [2.24, 2.45) is 5.73 Å². The van der Waals surface area contributed by atoms with Crippen LogP contribution in [0.25, 0.3) is 11.1 Å². The lowest BCUT2D eigenvalue weighted by Crippen LogP contribution is -2.13. The van der Waals surface area contributed by atoms with Crippen LogP contribution >= 0.6 is 0 Å². The molecule has 2 aromatic carbocycles. The van der Waals surface area contributed by atoms with Crippen molar-refractivity contribution in [1.29, 1.82) is 0 Å². The molecule has 0 aliphatic rings. The van der Waals surface area contributed by atoms with E-state index in [0.717, 1.165) is 16.7 Å². The summed E-state index contributed by atoms with van der Waals surface area (Å²) in [7, 11) is 0. The van der Waals surface area contributed by atoms with E-state index in [0.29, 0.717) is 12.0 Å². The Morgan fingerprint density at radius 2 is 1.85 bits per heavy atom. The largest absolute Gasteiger partial charge is 0.508 e. The van der Waals surface area contributed by atoms with E-state index >= 15 is 0 Å². The number of aromatic hydroxyl groups is 1. The number of rotatable bonds is 4. The summed E-state index contributed by atoms with van der Waals surface area (Å²) in [5.41, 5.74) is 9.31. The molecule has 0 bridgehead atoms. The summed E-state index contributed by atoms with van der Waals surface area (Å²) in [6.45, 7) is 3.73. The Morgan fingerprint density at radius 1 is 1.20 bits per heavy atom. The predicted molar refractivity (Wildman–Crippen MR) is 80.8 cm³/mol. The van der Waals surface area contributed by atoms with E-state index in [1.54, 1.807) is 12.1 Å². The molecule has 0 heterocycles. The van der Waals surface area contributed by atoms with Crippen LogP contribution in [0.5, 0.6) is 5.75 Å². The third-order valence-corrected chi connectivity index (χ3v) is 3.37. The first-order valence-corrected chi connectivity index (χ1v) is 6.75. The van der Waals surface area contributed by atoms with Crippen molar-refractivity contribution in [3.05, 3.63) is 53.6 Å². The highest BCUT2D eigenvalue weighted by Crippen LogP contribution is 2.30. The molecule has 0 radical (unpaired) electrons. The Morgan fingerprint density at radius 3 is 2.40 bits per heavy atom. The maximum absolute atomic E-state index is 12.3. The Hall–Kier alpha value is -2.13. The number of benzene rings is 2. The van der Waals surface area contributed by atoms with Gasteiger partial charge in [-0.2, -0.15) is 0 Å². The molecule has 104 valence electrons. The fourth-order valence-electron chi connectivity index (χ4n) is 2.32. The Kier molecular flexibility index (Phi) is 4.20. The number of hydrogen-bond acceptors (Lipinski definition) is 3. The minimum atomic E-state index is -0.197. The fraction of sp³-hybridized carbons (Fsp3) is 0.235. The summed E-state index contributed by atoms with van der Waals surface area (Å²) in [5.74, 6) is 0.293. The molecule has 3 nitrogen and oxygen atoms in total. The van der Waals surface area contributed by atoms with Crippen molar-refractivity contribution < 1.29 is 9.90 Å². The zero-order chi connectivity index (χ0) is 14.7. The van der Waals surface area contributed by atoms with E-state index in [1.165, 1.54) is 0 Å². The van der Waals surface area contributed by atoms with E-state index in [4.69, 9.17) is 5.73 Å². The van der Waals surface area contributed by atoms with E-state index in [1.807, 2.05) is 44.2 Å². The molecule has 2 rings (SSSR count). The van der Waals surface area contributed by atoms with Gasteiger partial charge >= 0.3 is 0 Å². The second kappa shape index (κ2) is 5.88. The monoisotopic (exact) mass is 269 g/mol. The quantitative estimate of drug-likeness (QED) is 0.832. The SMILES string of the molecule is CCC(=O)c1c(-c2ccc(O)cc2)cccc1C(C)N. The van der Waals surface area contributed by atoms with Crippen LogP contribution in [0.3, 0.4) is 0 Å². The van der Waals surface area contributed by atoms with Crippen molar-refractivity contribution in [2.45, 2.75) is 26.3 Å².